The Hall–Kier alpha value is -3.35. The zero-order valence-electron chi connectivity index (χ0n) is 16.7. The van der Waals surface area contributed by atoms with Crippen molar-refractivity contribution in [3.05, 3.63) is 59.2 Å². The number of anilines is 2. The van der Waals surface area contributed by atoms with E-state index in [0.29, 0.717) is 12.8 Å². The number of nitrogens with one attached hydrogen (secondary N) is 4. The molecule has 1 unspecified atom stereocenters. The molecule has 1 atom stereocenters. The lowest BCUT2D eigenvalue weighted by Crippen LogP contribution is -2.44. The van der Waals surface area contributed by atoms with Crippen molar-refractivity contribution in [1.82, 2.24) is 10.9 Å². The molecule has 2 aromatic rings. The number of hydrogen-bond donors (Lipinski definition) is 4. The number of benzene rings is 2. The van der Waals surface area contributed by atoms with E-state index in [1.54, 1.807) is 0 Å². The molecule has 7 heteroatoms. The highest BCUT2D eigenvalue weighted by Crippen LogP contribution is 2.27. The van der Waals surface area contributed by atoms with Crippen molar-refractivity contribution in [1.29, 1.82) is 0 Å². The molecule has 1 aliphatic rings. The van der Waals surface area contributed by atoms with Gasteiger partial charge in [0.05, 0.1) is 6.54 Å². The van der Waals surface area contributed by atoms with Crippen LogP contribution in [0.5, 0.6) is 0 Å². The van der Waals surface area contributed by atoms with Gasteiger partial charge in [0, 0.05) is 23.7 Å². The fraction of sp³-hybridized carbons (Fsp3) is 0.318. The summed E-state index contributed by atoms with van der Waals surface area (Å²) >= 11 is 0. The van der Waals surface area contributed by atoms with Gasteiger partial charge in [0.25, 0.3) is 5.91 Å². The van der Waals surface area contributed by atoms with E-state index in [0.717, 1.165) is 28.1 Å². The van der Waals surface area contributed by atoms with Gasteiger partial charge in [0.1, 0.15) is 0 Å². The maximum absolute atomic E-state index is 12.2. The van der Waals surface area contributed by atoms with E-state index in [1.165, 1.54) is 0 Å². The molecule has 0 radical (unpaired) electrons. The molecule has 3 rings (SSSR count). The van der Waals surface area contributed by atoms with Crippen LogP contribution in [0.2, 0.25) is 0 Å². The smallest absolute Gasteiger partial charge is 0.257 e. The van der Waals surface area contributed by atoms with Crippen molar-refractivity contribution in [2.24, 2.45) is 5.92 Å². The summed E-state index contributed by atoms with van der Waals surface area (Å²) in [5.74, 6) is -0.991. The number of amides is 3. The van der Waals surface area contributed by atoms with Gasteiger partial charge in [-0.25, -0.2) is 0 Å². The van der Waals surface area contributed by atoms with Gasteiger partial charge >= 0.3 is 0 Å². The van der Waals surface area contributed by atoms with Crippen LogP contribution in [0.1, 0.15) is 29.5 Å². The van der Waals surface area contributed by atoms with Gasteiger partial charge in [-0.3, -0.25) is 25.2 Å². The molecule has 29 heavy (non-hydrogen) atoms. The van der Waals surface area contributed by atoms with Gasteiger partial charge in [-0.2, -0.15) is 0 Å². The van der Waals surface area contributed by atoms with Crippen molar-refractivity contribution >= 4 is 29.1 Å². The second-order valence-corrected chi connectivity index (χ2v) is 7.35. The maximum Gasteiger partial charge on any atom is 0.257 e. The first-order valence-corrected chi connectivity index (χ1v) is 9.70. The third-order valence-corrected chi connectivity index (χ3v) is 4.99. The van der Waals surface area contributed by atoms with E-state index < -0.39 is 0 Å². The van der Waals surface area contributed by atoms with E-state index >= 15 is 0 Å². The molecular weight excluding hydrogens is 368 g/mol. The molecule has 0 saturated carbocycles. The Kier molecular flexibility index (Phi) is 6.49. The summed E-state index contributed by atoms with van der Waals surface area (Å²) < 4.78 is 0. The second kappa shape index (κ2) is 9.23. The Morgan fingerprint density at radius 2 is 1.83 bits per heavy atom. The summed E-state index contributed by atoms with van der Waals surface area (Å²) in [6.07, 6.45) is 1.19. The normalized spacial score (nSPS) is 15.1. The van der Waals surface area contributed by atoms with Crippen LogP contribution in [0.3, 0.4) is 0 Å². The first-order chi connectivity index (χ1) is 13.9. The molecule has 7 nitrogen and oxygen atoms in total. The molecule has 0 aliphatic carbocycles. The number of rotatable bonds is 6. The lowest BCUT2D eigenvalue weighted by molar-refractivity contribution is -0.128. The highest BCUT2D eigenvalue weighted by atomic mass is 16.2. The van der Waals surface area contributed by atoms with E-state index in [4.69, 9.17) is 0 Å². The van der Waals surface area contributed by atoms with E-state index in [1.807, 2.05) is 56.3 Å². The molecule has 4 N–H and O–H groups in total. The SMILES string of the molecule is Cc1ccc(NCC(=O)NNC(=O)CCC2Cc3ccccc3NC2=O)c(C)c1. The number of carbonyl (C=O) groups excluding carboxylic acids is 3. The summed E-state index contributed by atoms with van der Waals surface area (Å²) in [5.41, 5.74) is 9.79. The van der Waals surface area contributed by atoms with Crippen molar-refractivity contribution in [2.45, 2.75) is 33.1 Å². The van der Waals surface area contributed by atoms with Crippen LogP contribution in [-0.2, 0) is 20.8 Å². The lowest BCUT2D eigenvalue weighted by Gasteiger charge is -2.24. The van der Waals surface area contributed by atoms with Crippen LogP contribution < -0.4 is 21.5 Å². The average molecular weight is 394 g/mol. The Bertz CT molecular complexity index is 926. The molecule has 0 saturated heterocycles. The molecule has 1 aliphatic heterocycles. The topological polar surface area (TPSA) is 99.3 Å². The standard InChI is InChI=1S/C22H26N4O3/c1-14-7-9-18(15(2)11-14)23-13-21(28)26-25-20(27)10-8-17-12-16-5-3-4-6-19(16)24-22(17)29/h3-7,9,11,17,23H,8,10,12-13H2,1-2H3,(H,24,29)(H,25,27)(H,26,28). The number of aryl methyl sites for hydroxylation is 2. The molecule has 0 bridgehead atoms. The van der Waals surface area contributed by atoms with E-state index in [2.05, 4.69) is 21.5 Å². The van der Waals surface area contributed by atoms with Gasteiger partial charge in [0.2, 0.25) is 11.8 Å². The quantitative estimate of drug-likeness (QED) is 0.566. The number of hydrazine groups is 1. The summed E-state index contributed by atoms with van der Waals surface area (Å²) in [5, 5.41) is 5.92. The highest BCUT2D eigenvalue weighted by Gasteiger charge is 2.26. The molecule has 3 amide bonds. The van der Waals surface area contributed by atoms with Gasteiger partial charge in [-0.05, 0) is 49.9 Å². The fourth-order valence-electron chi connectivity index (χ4n) is 3.39. The Morgan fingerprint density at radius 1 is 1.07 bits per heavy atom. The summed E-state index contributed by atoms with van der Waals surface area (Å²) in [6.45, 7) is 4.02. The third-order valence-electron chi connectivity index (χ3n) is 4.99. The predicted molar refractivity (Wildman–Crippen MR) is 112 cm³/mol. The lowest BCUT2D eigenvalue weighted by atomic mass is 9.89. The van der Waals surface area contributed by atoms with Crippen molar-refractivity contribution < 1.29 is 14.4 Å². The highest BCUT2D eigenvalue weighted by molar-refractivity contribution is 5.96. The minimum atomic E-state index is -0.345. The van der Waals surface area contributed by atoms with E-state index in [9.17, 15) is 14.4 Å². The Labute approximate surface area is 170 Å². The minimum Gasteiger partial charge on any atom is -0.376 e. The van der Waals surface area contributed by atoms with Gasteiger partial charge in [0.15, 0.2) is 0 Å². The zero-order chi connectivity index (χ0) is 20.8. The van der Waals surface area contributed by atoms with Crippen molar-refractivity contribution in [3.8, 4) is 0 Å². The average Bonchev–Trinajstić information content (AvgIpc) is 2.70. The Morgan fingerprint density at radius 3 is 2.62 bits per heavy atom. The number of hydrogen-bond acceptors (Lipinski definition) is 4. The van der Waals surface area contributed by atoms with E-state index in [-0.39, 0.29) is 36.6 Å². The molecule has 0 fully saturated rings. The van der Waals surface area contributed by atoms with Crippen LogP contribution >= 0.6 is 0 Å². The summed E-state index contributed by atoms with van der Waals surface area (Å²) in [4.78, 5) is 36.2. The molecule has 2 aromatic carbocycles. The second-order valence-electron chi connectivity index (χ2n) is 7.35. The summed E-state index contributed by atoms with van der Waals surface area (Å²) in [6, 6.07) is 13.6. The zero-order valence-corrected chi connectivity index (χ0v) is 16.7. The third kappa shape index (κ3) is 5.57. The predicted octanol–water partition coefficient (Wildman–Crippen LogP) is 2.45. The number of para-hydroxylation sites is 1. The van der Waals surface area contributed by atoms with Crippen LogP contribution in [0, 0.1) is 19.8 Å². The monoisotopic (exact) mass is 394 g/mol. The van der Waals surface area contributed by atoms with Crippen LogP contribution in [0.25, 0.3) is 0 Å². The summed E-state index contributed by atoms with van der Waals surface area (Å²) in [7, 11) is 0. The number of fused-ring (bicyclic) bond motifs is 1. The van der Waals surface area contributed by atoms with Crippen molar-refractivity contribution in [3.63, 3.8) is 0 Å². The van der Waals surface area contributed by atoms with Gasteiger partial charge in [-0.15, -0.1) is 0 Å². The fourth-order valence-corrected chi connectivity index (χ4v) is 3.39. The van der Waals surface area contributed by atoms with Gasteiger partial charge < -0.3 is 10.6 Å². The molecular formula is C22H26N4O3. The molecule has 0 aromatic heterocycles. The van der Waals surface area contributed by atoms with Crippen LogP contribution in [-0.4, -0.2) is 24.3 Å². The first kappa shape index (κ1) is 20.4. The minimum absolute atomic E-state index is 0.0476. The number of carbonyl (C=O) groups is 3. The molecule has 0 spiro atoms. The molecule has 152 valence electrons. The maximum atomic E-state index is 12.2. The first-order valence-electron chi connectivity index (χ1n) is 9.70. The largest absolute Gasteiger partial charge is 0.376 e. The van der Waals surface area contributed by atoms with Crippen LogP contribution in [0.4, 0.5) is 11.4 Å². The van der Waals surface area contributed by atoms with Crippen LogP contribution in [0.15, 0.2) is 42.5 Å². The molecule has 1 heterocycles. The van der Waals surface area contributed by atoms with Crippen molar-refractivity contribution in [2.75, 3.05) is 17.2 Å². The Balaban J connectivity index is 1.38. The van der Waals surface area contributed by atoms with Gasteiger partial charge in [-0.1, -0.05) is 35.9 Å².